The Bertz CT molecular complexity index is 604. The number of hydrogen-bond donors (Lipinski definition) is 0. The summed E-state index contributed by atoms with van der Waals surface area (Å²) >= 11 is 3.37. The lowest BCUT2D eigenvalue weighted by atomic mass is 10.1. The summed E-state index contributed by atoms with van der Waals surface area (Å²) in [5.41, 5.74) is 0.595. The van der Waals surface area contributed by atoms with Gasteiger partial charge in [-0.1, -0.05) is 22.9 Å². The van der Waals surface area contributed by atoms with Gasteiger partial charge in [0.25, 0.3) is 0 Å². The van der Waals surface area contributed by atoms with E-state index >= 15 is 0 Å². The van der Waals surface area contributed by atoms with Crippen LogP contribution in [0.4, 0.5) is 0 Å². The second kappa shape index (κ2) is 6.44. The maximum Gasteiger partial charge on any atom is 0.348 e. The monoisotopic (exact) mass is 337 g/mol. The molecule has 0 atom stereocenters. The van der Waals surface area contributed by atoms with Gasteiger partial charge in [-0.05, 0) is 30.2 Å². The van der Waals surface area contributed by atoms with Gasteiger partial charge in [-0.25, -0.2) is 4.79 Å². The lowest BCUT2D eigenvalue weighted by Gasteiger charge is -2.04. The third kappa shape index (κ3) is 3.11. The Morgan fingerprint density at radius 1 is 1.50 bits per heavy atom. The molecule has 0 N–H and O–H groups in total. The Labute approximate surface area is 124 Å². The number of hydrogen-bond acceptors (Lipinski definition) is 5. The molecule has 1 heterocycles. The van der Waals surface area contributed by atoms with E-state index < -0.39 is 5.97 Å². The summed E-state index contributed by atoms with van der Waals surface area (Å²) in [5, 5.41) is 9.05. The lowest BCUT2D eigenvalue weighted by Crippen LogP contribution is -2.07. The molecule has 1 aliphatic heterocycles. The summed E-state index contributed by atoms with van der Waals surface area (Å²) < 4.78 is 16.2. The number of ether oxygens (including phenoxy) is 3. The number of fused-ring (bicyclic) bond motifs is 1. The standard InChI is InChI=1S/C14H12BrNO4/c1-2-3-18-14(17)10(7-16)4-9-5-12-13(6-11(9)15)20-8-19-12/h4-6H,2-3,8H2,1H3/b10-4+. The van der Waals surface area contributed by atoms with Crippen LogP contribution in [0.25, 0.3) is 6.08 Å². The molecule has 0 amide bonds. The summed E-state index contributed by atoms with van der Waals surface area (Å²) in [6.07, 6.45) is 2.17. The van der Waals surface area contributed by atoms with Crippen LogP contribution >= 0.6 is 15.9 Å². The van der Waals surface area contributed by atoms with Gasteiger partial charge in [0.05, 0.1) is 6.61 Å². The molecule has 0 spiro atoms. The number of nitriles is 1. The first-order valence-corrected chi connectivity index (χ1v) is 6.83. The van der Waals surface area contributed by atoms with Crippen molar-refractivity contribution in [1.29, 1.82) is 5.26 Å². The molecule has 20 heavy (non-hydrogen) atoms. The van der Waals surface area contributed by atoms with E-state index in [1.165, 1.54) is 6.08 Å². The van der Waals surface area contributed by atoms with Gasteiger partial charge < -0.3 is 14.2 Å². The number of benzene rings is 1. The average Bonchev–Trinajstić information content (AvgIpc) is 2.88. The summed E-state index contributed by atoms with van der Waals surface area (Å²) in [5.74, 6) is 0.582. The van der Waals surface area contributed by atoms with Crippen LogP contribution in [0.3, 0.4) is 0 Å². The van der Waals surface area contributed by atoms with Crippen molar-refractivity contribution in [2.75, 3.05) is 13.4 Å². The number of rotatable bonds is 4. The molecule has 104 valence electrons. The molecule has 0 radical (unpaired) electrons. The highest BCUT2D eigenvalue weighted by Crippen LogP contribution is 2.37. The van der Waals surface area contributed by atoms with Gasteiger partial charge in [0.15, 0.2) is 11.5 Å². The number of nitrogens with zero attached hydrogens (tertiary/aromatic N) is 1. The third-order valence-electron chi connectivity index (χ3n) is 2.57. The fraction of sp³-hybridized carbons (Fsp3) is 0.286. The van der Waals surface area contributed by atoms with Crippen LogP contribution in [-0.4, -0.2) is 19.4 Å². The maximum absolute atomic E-state index is 11.7. The van der Waals surface area contributed by atoms with Crippen molar-refractivity contribution >= 4 is 28.0 Å². The molecule has 2 rings (SSSR count). The molecule has 0 saturated heterocycles. The van der Waals surface area contributed by atoms with Gasteiger partial charge in [0.1, 0.15) is 11.6 Å². The zero-order valence-corrected chi connectivity index (χ0v) is 12.4. The molecular formula is C14H12BrNO4. The van der Waals surface area contributed by atoms with Crippen molar-refractivity contribution in [2.24, 2.45) is 0 Å². The number of carbonyl (C=O) groups is 1. The normalized spacial score (nSPS) is 12.9. The summed E-state index contributed by atoms with van der Waals surface area (Å²) in [6.45, 7) is 2.34. The van der Waals surface area contributed by atoms with Crippen LogP contribution in [0.2, 0.25) is 0 Å². The Hall–Kier alpha value is -2.00. The minimum Gasteiger partial charge on any atom is -0.462 e. The van der Waals surface area contributed by atoms with Crippen molar-refractivity contribution in [2.45, 2.75) is 13.3 Å². The van der Waals surface area contributed by atoms with Crippen molar-refractivity contribution in [3.8, 4) is 17.6 Å². The first kappa shape index (κ1) is 14.4. The molecule has 5 nitrogen and oxygen atoms in total. The third-order valence-corrected chi connectivity index (χ3v) is 3.26. The predicted molar refractivity (Wildman–Crippen MR) is 75.1 cm³/mol. The molecule has 1 aromatic carbocycles. The fourth-order valence-corrected chi connectivity index (χ4v) is 2.05. The molecule has 0 aliphatic carbocycles. The molecule has 6 heteroatoms. The van der Waals surface area contributed by atoms with Crippen LogP contribution < -0.4 is 9.47 Å². The maximum atomic E-state index is 11.7. The van der Waals surface area contributed by atoms with E-state index in [0.29, 0.717) is 34.6 Å². The minimum absolute atomic E-state index is 0.0574. The van der Waals surface area contributed by atoms with E-state index in [0.717, 1.165) is 0 Å². The molecule has 0 unspecified atom stereocenters. The van der Waals surface area contributed by atoms with Crippen molar-refractivity contribution in [1.82, 2.24) is 0 Å². The Balaban J connectivity index is 2.28. The molecule has 1 aromatic rings. The summed E-state index contributed by atoms with van der Waals surface area (Å²) in [6, 6.07) is 5.29. The van der Waals surface area contributed by atoms with Crippen LogP contribution in [0.15, 0.2) is 22.2 Å². The van der Waals surface area contributed by atoms with E-state index in [2.05, 4.69) is 15.9 Å². The smallest absolute Gasteiger partial charge is 0.348 e. The van der Waals surface area contributed by atoms with Gasteiger partial charge >= 0.3 is 5.97 Å². The number of carbonyl (C=O) groups excluding carboxylic acids is 1. The Kier molecular flexibility index (Phi) is 4.64. The molecule has 0 aromatic heterocycles. The quantitative estimate of drug-likeness (QED) is 0.479. The van der Waals surface area contributed by atoms with E-state index in [-0.39, 0.29) is 12.4 Å². The van der Waals surface area contributed by atoms with E-state index in [9.17, 15) is 4.79 Å². The molecule has 1 aliphatic rings. The first-order chi connectivity index (χ1) is 9.65. The van der Waals surface area contributed by atoms with Gasteiger partial charge in [-0.3, -0.25) is 0 Å². The number of esters is 1. The fourth-order valence-electron chi connectivity index (χ4n) is 1.61. The molecule has 0 fully saturated rings. The second-order valence-corrected chi connectivity index (χ2v) is 4.89. The van der Waals surface area contributed by atoms with Gasteiger partial charge in [0.2, 0.25) is 6.79 Å². The van der Waals surface area contributed by atoms with Crippen LogP contribution in [0, 0.1) is 11.3 Å². The van der Waals surface area contributed by atoms with Crippen LogP contribution in [0.1, 0.15) is 18.9 Å². The van der Waals surface area contributed by atoms with Crippen molar-refractivity contribution < 1.29 is 19.0 Å². The van der Waals surface area contributed by atoms with Crippen LogP contribution in [-0.2, 0) is 9.53 Å². The van der Waals surface area contributed by atoms with E-state index in [1.54, 1.807) is 12.1 Å². The highest BCUT2D eigenvalue weighted by atomic mass is 79.9. The minimum atomic E-state index is -0.626. The van der Waals surface area contributed by atoms with E-state index in [1.807, 2.05) is 13.0 Å². The van der Waals surface area contributed by atoms with Crippen LogP contribution in [0.5, 0.6) is 11.5 Å². The number of halogens is 1. The van der Waals surface area contributed by atoms with Crippen molar-refractivity contribution in [3.05, 3.63) is 27.7 Å². The lowest BCUT2D eigenvalue weighted by molar-refractivity contribution is -0.138. The second-order valence-electron chi connectivity index (χ2n) is 4.03. The largest absolute Gasteiger partial charge is 0.462 e. The van der Waals surface area contributed by atoms with Gasteiger partial charge in [0, 0.05) is 4.47 Å². The van der Waals surface area contributed by atoms with E-state index in [4.69, 9.17) is 19.5 Å². The highest BCUT2D eigenvalue weighted by Gasteiger charge is 2.17. The molecule has 0 bridgehead atoms. The summed E-state index contributed by atoms with van der Waals surface area (Å²) in [4.78, 5) is 11.7. The van der Waals surface area contributed by atoms with Crippen molar-refractivity contribution in [3.63, 3.8) is 0 Å². The SMILES string of the molecule is CCCOC(=O)/C(C#N)=C/c1cc2c(cc1Br)OCO2. The Morgan fingerprint density at radius 3 is 2.85 bits per heavy atom. The van der Waals surface area contributed by atoms with Gasteiger partial charge in [-0.2, -0.15) is 5.26 Å². The van der Waals surface area contributed by atoms with Gasteiger partial charge in [-0.15, -0.1) is 0 Å². The average molecular weight is 338 g/mol. The molecular weight excluding hydrogens is 326 g/mol. The zero-order chi connectivity index (χ0) is 14.5. The molecule has 0 saturated carbocycles. The first-order valence-electron chi connectivity index (χ1n) is 6.03. The highest BCUT2D eigenvalue weighted by molar-refractivity contribution is 9.10. The topological polar surface area (TPSA) is 68.6 Å². The Morgan fingerprint density at radius 2 is 2.20 bits per heavy atom. The zero-order valence-electron chi connectivity index (χ0n) is 10.8. The predicted octanol–water partition coefficient (Wildman–Crippen LogP) is 3.04. The summed E-state index contributed by atoms with van der Waals surface area (Å²) in [7, 11) is 0.